The van der Waals surface area contributed by atoms with Crippen molar-refractivity contribution in [3.8, 4) is 0 Å². The highest BCUT2D eigenvalue weighted by atomic mass is 35.5. The second-order valence-electron chi connectivity index (χ2n) is 4.39. The van der Waals surface area contributed by atoms with Crippen LogP contribution in [-0.2, 0) is 4.74 Å². The second kappa shape index (κ2) is 7.45. The van der Waals surface area contributed by atoms with Crippen LogP contribution in [0.2, 0.25) is 10.0 Å². The molecule has 0 radical (unpaired) electrons. The molecule has 0 amide bonds. The van der Waals surface area contributed by atoms with Crippen LogP contribution in [-0.4, -0.2) is 30.2 Å². The van der Waals surface area contributed by atoms with Gasteiger partial charge in [0.25, 0.3) is 0 Å². The van der Waals surface area contributed by atoms with Crippen molar-refractivity contribution in [3.63, 3.8) is 0 Å². The Bertz CT molecular complexity index is 622. The van der Waals surface area contributed by atoms with Gasteiger partial charge in [0.2, 0.25) is 5.95 Å². The molecule has 2 N–H and O–H groups in total. The molecule has 0 aliphatic heterocycles. The van der Waals surface area contributed by atoms with E-state index in [4.69, 9.17) is 27.9 Å². The molecule has 0 aliphatic carbocycles. The Hall–Kier alpha value is -1.56. The van der Waals surface area contributed by atoms with Gasteiger partial charge in [-0.2, -0.15) is 4.98 Å². The van der Waals surface area contributed by atoms with Gasteiger partial charge in [0.05, 0.1) is 16.7 Å². The highest BCUT2D eigenvalue weighted by Crippen LogP contribution is 2.26. The Labute approximate surface area is 133 Å². The standard InChI is InChI=1S/C14H16Cl2N4O/c1-9-7-13(17-5-6-21-2)20-14(18-9)19-10-3-4-11(15)12(16)8-10/h3-4,7-8H,5-6H2,1-2H3,(H2,17,18,19,20). The Morgan fingerprint density at radius 3 is 2.67 bits per heavy atom. The molecule has 0 bridgehead atoms. The summed E-state index contributed by atoms with van der Waals surface area (Å²) >= 11 is 11.9. The predicted octanol–water partition coefficient (Wildman–Crippen LogP) is 3.89. The first kappa shape index (κ1) is 15.8. The van der Waals surface area contributed by atoms with Gasteiger partial charge in [0.15, 0.2) is 0 Å². The number of hydrogen-bond acceptors (Lipinski definition) is 5. The number of anilines is 3. The van der Waals surface area contributed by atoms with Crippen LogP contribution >= 0.6 is 23.2 Å². The molecule has 7 heteroatoms. The lowest BCUT2D eigenvalue weighted by Gasteiger charge is -2.10. The fraction of sp³-hybridized carbons (Fsp3) is 0.286. The topological polar surface area (TPSA) is 59.1 Å². The first-order valence-electron chi connectivity index (χ1n) is 6.39. The van der Waals surface area contributed by atoms with Crippen LogP contribution in [0.5, 0.6) is 0 Å². The average Bonchev–Trinajstić information content (AvgIpc) is 2.43. The van der Waals surface area contributed by atoms with E-state index in [-0.39, 0.29) is 0 Å². The highest BCUT2D eigenvalue weighted by molar-refractivity contribution is 6.42. The number of benzene rings is 1. The molecule has 0 saturated heterocycles. The minimum Gasteiger partial charge on any atom is -0.383 e. The number of methoxy groups -OCH3 is 1. The molecule has 0 spiro atoms. The normalized spacial score (nSPS) is 10.5. The van der Waals surface area contributed by atoms with Gasteiger partial charge in [0, 0.05) is 31.1 Å². The highest BCUT2D eigenvalue weighted by Gasteiger charge is 2.04. The quantitative estimate of drug-likeness (QED) is 0.788. The Balaban J connectivity index is 2.13. The van der Waals surface area contributed by atoms with E-state index in [1.165, 1.54) is 0 Å². The zero-order valence-electron chi connectivity index (χ0n) is 11.8. The van der Waals surface area contributed by atoms with Crippen molar-refractivity contribution in [2.24, 2.45) is 0 Å². The third-order valence-corrected chi connectivity index (χ3v) is 3.38. The summed E-state index contributed by atoms with van der Waals surface area (Å²) in [6, 6.07) is 7.14. The maximum Gasteiger partial charge on any atom is 0.229 e. The van der Waals surface area contributed by atoms with E-state index >= 15 is 0 Å². The minimum absolute atomic E-state index is 0.479. The van der Waals surface area contributed by atoms with Crippen molar-refractivity contribution < 1.29 is 4.74 Å². The van der Waals surface area contributed by atoms with Crippen LogP contribution in [0, 0.1) is 6.92 Å². The number of hydrogen-bond donors (Lipinski definition) is 2. The maximum absolute atomic E-state index is 5.99. The Morgan fingerprint density at radius 2 is 1.95 bits per heavy atom. The van der Waals surface area contributed by atoms with Gasteiger partial charge in [0.1, 0.15) is 5.82 Å². The zero-order chi connectivity index (χ0) is 15.2. The summed E-state index contributed by atoms with van der Waals surface area (Å²) in [5.74, 6) is 1.23. The fourth-order valence-electron chi connectivity index (χ4n) is 1.70. The van der Waals surface area contributed by atoms with Crippen molar-refractivity contribution in [2.75, 3.05) is 30.9 Å². The lowest BCUT2D eigenvalue weighted by molar-refractivity contribution is 0.210. The third kappa shape index (κ3) is 4.74. The molecular weight excluding hydrogens is 311 g/mol. The van der Waals surface area contributed by atoms with Crippen LogP contribution in [0.1, 0.15) is 5.69 Å². The summed E-state index contributed by atoms with van der Waals surface area (Å²) in [5.41, 5.74) is 1.63. The summed E-state index contributed by atoms with van der Waals surface area (Å²) < 4.78 is 5.00. The molecule has 1 aromatic carbocycles. The molecule has 1 heterocycles. The van der Waals surface area contributed by atoms with Gasteiger partial charge in [-0.15, -0.1) is 0 Å². The number of nitrogens with zero attached hydrogens (tertiary/aromatic N) is 2. The van der Waals surface area contributed by atoms with Crippen LogP contribution in [0.3, 0.4) is 0 Å². The van der Waals surface area contributed by atoms with E-state index in [0.29, 0.717) is 29.1 Å². The third-order valence-electron chi connectivity index (χ3n) is 2.64. The molecule has 0 fully saturated rings. The number of aromatic nitrogens is 2. The summed E-state index contributed by atoms with van der Waals surface area (Å²) in [5, 5.41) is 7.26. The molecule has 2 rings (SSSR count). The molecular formula is C14H16Cl2N4O. The average molecular weight is 327 g/mol. The van der Waals surface area contributed by atoms with Gasteiger partial charge in [-0.1, -0.05) is 23.2 Å². The zero-order valence-corrected chi connectivity index (χ0v) is 13.3. The van der Waals surface area contributed by atoms with Crippen molar-refractivity contribution in [3.05, 3.63) is 40.0 Å². The van der Waals surface area contributed by atoms with Crippen LogP contribution < -0.4 is 10.6 Å². The monoisotopic (exact) mass is 326 g/mol. The lowest BCUT2D eigenvalue weighted by atomic mass is 10.3. The summed E-state index contributed by atoms with van der Waals surface area (Å²) in [4.78, 5) is 8.73. The van der Waals surface area contributed by atoms with Crippen molar-refractivity contribution in [1.29, 1.82) is 0 Å². The van der Waals surface area contributed by atoms with E-state index < -0.39 is 0 Å². The Morgan fingerprint density at radius 1 is 1.14 bits per heavy atom. The molecule has 0 saturated carbocycles. The van der Waals surface area contributed by atoms with Gasteiger partial charge in [-0.05, 0) is 25.1 Å². The van der Waals surface area contributed by atoms with Crippen LogP contribution in [0.25, 0.3) is 0 Å². The van der Waals surface area contributed by atoms with E-state index in [2.05, 4.69) is 20.6 Å². The maximum atomic E-state index is 5.99. The number of aryl methyl sites for hydroxylation is 1. The summed E-state index contributed by atoms with van der Waals surface area (Å²) in [6.45, 7) is 3.20. The summed E-state index contributed by atoms with van der Waals surface area (Å²) in [7, 11) is 1.66. The van der Waals surface area contributed by atoms with Crippen LogP contribution in [0.4, 0.5) is 17.5 Å². The fourth-order valence-corrected chi connectivity index (χ4v) is 2.00. The smallest absolute Gasteiger partial charge is 0.229 e. The van der Waals surface area contributed by atoms with E-state index in [1.54, 1.807) is 19.2 Å². The molecule has 1 aromatic heterocycles. The predicted molar refractivity (Wildman–Crippen MR) is 86.9 cm³/mol. The van der Waals surface area contributed by atoms with Crippen molar-refractivity contribution in [1.82, 2.24) is 9.97 Å². The van der Waals surface area contributed by atoms with Gasteiger partial charge < -0.3 is 15.4 Å². The number of halogens is 2. The van der Waals surface area contributed by atoms with E-state index in [9.17, 15) is 0 Å². The molecule has 2 aromatic rings. The number of rotatable bonds is 6. The number of nitrogens with one attached hydrogen (secondary N) is 2. The largest absolute Gasteiger partial charge is 0.383 e. The molecule has 0 unspecified atom stereocenters. The number of ether oxygens (including phenoxy) is 1. The van der Waals surface area contributed by atoms with Gasteiger partial charge in [-0.25, -0.2) is 4.98 Å². The molecule has 0 atom stereocenters. The van der Waals surface area contributed by atoms with E-state index in [0.717, 1.165) is 17.2 Å². The first-order chi connectivity index (χ1) is 10.1. The van der Waals surface area contributed by atoms with E-state index in [1.807, 2.05) is 19.1 Å². The SMILES string of the molecule is COCCNc1cc(C)nc(Nc2ccc(Cl)c(Cl)c2)n1. The van der Waals surface area contributed by atoms with Crippen molar-refractivity contribution in [2.45, 2.75) is 6.92 Å². The van der Waals surface area contributed by atoms with Gasteiger partial charge >= 0.3 is 0 Å². The van der Waals surface area contributed by atoms with Gasteiger partial charge in [-0.3, -0.25) is 0 Å². The lowest BCUT2D eigenvalue weighted by Crippen LogP contribution is -2.10. The molecule has 5 nitrogen and oxygen atoms in total. The van der Waals surface area contributed by atoms with Crippen molar-refractivity contribution >= 4 is 40.7 Å². The molecule has 112 valence electrons. The molecule has 21 heavy (non-hydrogen) atoms. The molecule has 0 aliphatic rings. The summed E-state index contributed by atoms with van der Waals surface area (Å²) in [6.07, 6.45) is 0. The Kier molecular flexibility index (Phi) is 5.61. The van der Waals surface area contributed by atoms with Crippen LogP contribution in [0.15, 0.2) is 24.3 Å². The first-order valence-corrected chi connectivity index (χ1v) is 7.14. The second-order valence-corrected chi connectivity index (χ2v) is 5.21. The minimum atomic E-state index is 0.479.